The Bertz CT molecular complexity index is 544. The molecule has 1 aromatic heterocycles. The van der Waals surface area contributed by atoms with Gasteiger partial charge in [-0.15, -0.1) is 0 Å². The van der Waals surface area contributed by atoms with Crippen molar-refractivity contribution in [1.29, 1.82) is 0 Å². The fourth-order valence-corrected chi connectivity index (χ4v) is 2.22. The SMILES string of the molecule is CNC(=O)[C@@H]1CC(F)(F)CN1c1ncnc(C(C)(C)C)n1. The minimum absolute atomic E-state index is 0.112. The quantitative estimate of drug-likeness (QED) is 0.886. The third kappa shape index (κ3) is 3.25. The van der Waals surface area contributed by atoms with Crippen LogP contribution in [0.15, 0.2) is 6.33 Å². The number of carbonyl (C=O) groups excluding carboxylic acids is 1. The average Bonchev–Trinajstić information content (AvgIpc) is 2.73. The normalized spacial score (nSPS) is 21.4. The van der Waals surface area contributed by atoms with Crippen LogP contribution in [0.2, 0.25) is 0 Å². The minimum atomic E-state index is -2.94. The number of hydrogen-bond acceptors (Lipinski definition) is 5. The maximum absolute atomic E-state index is 13.7. The van der Waals surface area contributed by atoms with Crippen molar-refractivity contribution in [3.05, 3.63) is 12.2 Å². The summed E-state index contributed by atoms with van der Waals surface area (Å²) < 4.78 is 27.3. The van der Waals surface area contributed by atoms with E-state index in [-0.39, 0.29) is 11.4 Å². The fourth-order valence-electron chi connectivity index (χ4n) is 2.22. The molecule has 1 aliphatic rings. The highest BCUT2D eigenvalue weighted by Crippen LogP contribution is 2.34. The lowest BCUT2D eigenvalue weighted by molar-refractivity contribution is -0.122. The average molecular weight is 299 g/mol. The highest BCUT2D eigenvalue weighted by atomic mass is 19.3. The number of alkyl halides is 2. The van der Waals surface area contributed by atoms with Gasteiger partial charge in [0.25, 0.3) is 5.92 Å². The molecule has 1 fully saturated rings. The highest BCUT2D eigenvalue weighted by molar-refractivity contribution is 5.85. The van der Waals surface area contributed by atoms with E-state index in [2.05, 4.69) is 20.3 Å². The molecule has 6 nitrogen and oxygen atoms in total. The lowest BCUT2D eigenvalue weighted by Crippen LogP contribution is -2.43. The van der Waals surface area contributed by atoms with Crippen molar-refractivity contribution in [2.45, 2.75) is 44.6 Å². The molecule has 2 heterocycles. The number of aromatic nitrogens is 3. The van der Waals surface area contributed by atoms with Crippen LogP contribution in [0.3, 0.4) is 0 Å². The third-order valence-electron chi connectivity index (χ3n) is 3.31. The van der Waals surface area contributed by atoms with Crippen LogP contribution in [0.5, 0.6) is 0 Å². The van der Waals surface area contributed by atoms with E-state index < -0.39 is 30.8 Å². The fraction of sp³-hybridized carbons (Fsp3) is 0.692. The van der Waals surface area contributed by atoms with Gasteiger partial charge in [0, 0.05) is 18.9 Å². The van der Waals surface area contributed by atoms with Gasteiger partial charge in [0.15, 0.2) is 0 Å². The molecule has 116 valence electrons. The molecule has 0 spiro atoms. The van der Waals surface area contributed by atoms with E-state index in [1.54, 1.807) is 0 Å². The zero-order valence-corrected chi connectivity index (χ0v) is 12.5. The van der Waals surface area contributed by atoms with Gasteiger partial charge in [-0.1, -0.05) is 20.8 Å². The van der Waals surface area contributed by atoms with Crippen LogP contribution in [-0.2, 0) is 10.2 Å². The number of hydrogen-bond donors (Lipinski definition) is 1. The smallest absolute Gasteiger partial charge is 0.267 e. The van der Waals surface area contributed by atoms with E-state index in [1.807, 2.05) is 20.8 Å². The van der Waals surface area contributed by atoms with E-state index in [4.69, 9.17) is 0 Å². The van der Waals surface area contributed by atoms with Gasteiger partial charge in [0.2, 0.25) is 11.9 Å². The molecule has 0 bridgehead atoms. The van der Waals surface area contributed by atoms with Crippen LogP contribution < -0.4 is 10.2 Å². The van der Waals surface area contributed by atoms with Gasteiger partial charge in [-0.05, 0) is 0 Å². The summed E-state index contributed by atoms with van der Waals surface area (Å²) in [5, 5.41) is 2.40. The molecule has 0 aromatic carbocycles. The third-order valence-corrected chi connectivity index (χ3v) is 3.31. The first-order valence-electron chi connectivity index (χ1n) is 6.69. The van der Waals surface area contributed by atoms with E-state index in [9.17, 15) is 13.6 Å². The minimum Gasteiger partial charge on any atom is -0.357 e. The molecule has 1 aliphatic heterocycles. The maximum Gasteiger partial charge on any atom is 0.267 e. The Kier molecular flexibility index (Phi) is 3.81. The van der Waals surface area contributed by atoms with E-state index in [0.717, 1.165) is 0 Å². The molecule has 1 amide bonds. The first-order chi connectivity index (χ1) is 9.64. The van der Waals surface area contributed by atoms with Crippen molar-refractivity contribution < 1.29 is 13.6 Å². The molecule has 2 rings (SSSR count). The van der Waals surface area contributed by atoms with Gasteiger partial charge < -0.3 is 10.2 Å². The molecular formula is C13H19F2N5O. The topological polar surface area (TPSA) is 71.0 Å². The second kappa shape index (κ2) is 5.16. The summed E-state index contributed by atoms with van der Waals surface area (Å²) in [6.45, 7) is 5.18. The molecule has 8 heteroatoms. The number of nitrogens with one attached hydrogen (secondary N) is 1. The molecule has 1 N–H and O–H groups in total. The van der Waals surface area contributed by atoms with Gasteiger partial charge in [-0.25, -0.2) is 18.7 Å². The van der Waals surface area contributed by atoms with Crippen LogP contribution in [0.1, 0.15) is 33.0 Å². The number of likely N-dealkylation sites (N-methyl/N-ethyl adjacent to an activating group) is 1. The van der Waals surface area contributed by atoms with Crippen LogP contribution in [-0.4, -0.2) is 46.4 Å². The molecule has 1 saturated heterocycles. The molecule has 0 radical (unpaired) electrons. The monoisotopic (exact) mass is 299 g/mol. The maximum atomic E-state index is 13.7. The highest BCUT2D eigenvalue weighted by Gasteiger charge is 2.49. The van der Waals surface area contributed by atoms with Gasteiger partial charge in [-0.3, -0.25) is 4.79 Å². The Morgan fingerprint density at radius 3 is 2.67 bits per heavy atom. The number of carbonyl (C=O) groups is 1. The van der Waals surface area contributed by atoms with Crippen LogP contribution in [0.4, 0.5) is 14.7 Å². The summed E-state index contributed by atoms with van der Waals surface area (Å²) in [4.78, 5) is 25.3. The lowest BCUT2D eigenvalue weighted by atomic mass is 9.96. The molecular weight excluding hydrogens is 280 g/mol. The number of rotatable bonds is 2. The zero-order valence-electron chi connectivity index (χ0n) is 12.5. The van der Waals surface area contributed by atoms with Crippen molar-refractivity contribution >= 4 is 11.9 Å². The molecule has 0 aliphatic carbocycles. The van der Waals surface area contributed by atoms with Crippen molar-refractivity contribution in [2.75, 3.05) is 18.5 Å². The summed E-state index contributed by atoms with van der Waals surface area (Å²) >= 11 is 0. The Morgan fingerprint density at radius 2 is 2.10 bits per heavy atom. The van der Waals surface area contributed by atoms with Crippen molar-refractivity contribution in [3.63, 3.8) is 0 Å². The van der Waals surface area contributed by atoms with Crippen LogP contribution in [0.25, 0.3) is 0 Å². The lowest BCUT2D eigenvalue weighted by Gasteiger charge is -2.24. The van der Waals surface area contributed by atoms with E-state index >= 15 is 0 Å². The van der Waals surface area contributed by atoms with Gasteiger partial charge in [0.1, 0.15) is 18.2 Å². The number of anilines is 1. The Balaban J connectivity index is 2.37. The van der Waals surface area contributed by atoms with Gasteiger partial charge in [-0.2, -0.15) is 4.98 Å². The summed E-state index contributed by atoms with van der Waals surface area (Å²) in [5.41, 5.74) is -0.331. The molecule has 0 saturated carbocycles. The predicted octanol–water partition coefficient (Wildman–Crippen LogP) is 1.13. The Hall–Kier alpha value is -1.86. The second-order valence-electron chi connectivity index (χ2n) is 6.18. The molecule has 21 heavy (non-hydrogen) atoms. The molecule has 0 unspecified atom stereocenters. The van der Waals surface area contributed by atoms with Crippen LogP contribution in [0, 0.1) is 0 Å². The number of nitrogens with zero attached hydrogens (tertiary/aromatic N) is 4. The van der Waals surface area contributed by atoms with E-state index in [0.29, 0.717) is 5.82 Å². The number of amides is 1. The van der Waals surface area contributed by atoms with E-state index in [1.165, 1.54) is 18.3 Å². The summed E-state index contributed by atoms with van der Waals surface area (Å²) in [7, 11) is 1.42. The zero-order chi connectivity index (χ0) is 15.8. The van der Waals surface area contributed by atoms with Crippen molar-refractivity contribution in [3.8, 4) is 0 Å². The first-order valence-corrected chi connectivity index (χ1v) is 6.69. The Morgan fingerprint density at radius 1 is 1.43 bits per heavy atom. The number of halogens is 2. The van der Waals surface area contributed by atoms with Crippen molar-refractivity contribution in [2.24, 2.45) is 0 Å². The van der Waals surface area contributed by atoms with Crippen LogP contribution >= 0.6 is 0 Å². The molecule has 1 aromatic rings. The first kappa shape index (κ1) is 15.5. The standard InChI is InChI=1S/C13H19F2N5O/c1-12(2,3)10-17-7-18-11(19-10)20-6-13(14,15)5-8(20)9(21)16-4/h7-8H,5-6H2,1-4H3,(H,16,21)/t8-/m0/s1. The van der Waals surface area contributed by atoms with Gasteiger partial charge >= 0.3 is 0 Å². The Labute approximate surface area is 122 Å². The largest absolute Gasteiger partial charge is 0.357 e. The molecule has 1 atom stereocenters. The second-order valence-corrected chi connectivity index (χ2v) is 6.18. The summed E-state index contributed by atoms with van der Waals surface area (Å²) in [5.74, 6) is -2.80. The van der Waals surface area contributed by atoms with Crippen molar-refractivity contribution in [1.82, 2.24) is 20.3 Å². The predicted molar refractivity (Wildman–Crippen MR) is 73.3 cm³/mol. The van der Waals surface area contributed by atoms with Gasteiger partial charge in [0.05, 0.1) is 6.54 Å². The summed E-state index contributed by atoms with van der Waals surface area (Å²) in [6.07, 6.45) is 0.753. The summed E-state index contributed by atoms with van der Waals surface area (Å²) in [6, 6.07) is -0.972.